The van der Waals surface area contributed by atoms with Gasteiger partial charge in [0.15, 0.2) is 5.96 Å². The van der Waals surface area contributed by atoms with E-state index in [1.165, 1.54) is 12.8 Å². The Morgan fingerprint density at radius 2 is 2.00 bits per heavy atom. The van der Waals surface area contributed by atoms with Crippen molar-refractivity contribution in [1.29, 1.82) is 0 Å². The first-order valence-corrected chi connectivity index (χ1v) is 8.71. The van der Waals surface area contributed by atoms with E-state index in [2.05, 4.69) is 47.0 Å². The Labute approximate surface area is 162 Å². The van der Waals surface area contributed by atoms with Gasteiger partial charge in [0.2, 0.25) is 0 Å². The van der Waals surface area contributed by atoms with E-state index in [1.54, 1.807) is 0 Å². The first kappa shape index (κ1) is 20.7. The van der Waals surface area contributed by atoms with E-state index >= 15 is 0 Å². The van der Waals surface area contributed by atoms with E-state index in [9.17, 15) is 0 Å². The fraction of sp³-hybridized carbons (Fsp3) is 0.556. The summed E-state index contributed by atoms with van der Waals surface area (Å²) in [6.07, 6.45) is 7.37. The van der Waals surface area contributed by atoms with E-state index in [0.29, 0.717) is 5.92 Å². The van der Waals surface area contributed by atoms with Crippen LogP contribution in [0.25, 0.3) is 5.65 Å². The zero-order chi connectivity index (χ0) is 16.5. The molecule has 2 heterocycles. The summed E-state index contributed by atoms with van der Waals surface area (Å²) in [7, 11) is 0. The van der Waals surface area contributed by atoms with E-state index in [1.807, 2.05) is 24.4 Å². The zero-order valence-corrected chi connectivity index (χ0v) is 17.3. The van der Waals surface area contributed by atoms with Gasteiger partial charge in [0.1, 0.15) is 5.65 Å². The Bertz CT molecular complexity index is 586. The lowest BCUT2D eigenvalue weighted by Crippen LogP contribution is -2.38. The summed E-state index contributed by atoms with van der Waals surface area (Å²) in [6.45, 7) is 9.15. The minimum atomic E-state index is 0. The molecule has 0 aliphatic rings. The number of fused-ring (bicyclic) bond motifs is 1. The van der Waals surface area contributed by atoms with Crippen molar-refractivity contribution < 1.29 is 0 Å². The number of rotatable bonds is 8. The third-order valence-corrected chi connectivity index (χ3v) is 4.09. The molecule has 0 aliphatic carbocycles. The molecule has 0 radical (unpaired) electrons. The molecule has 0 unspecified atom stereocenters. The molecule has 24 heavy (non-hydrogen) atoms. The van der Waals surface area contributed by atoms with Gasteiger partial charge in [-0.15, -0.1) is 24.0 Å². The van der Waals surface area contributed by atoms with Crippen molar-refractivity contribution in [3.05, 3.63) is 36.3 Å². The Morgan fingerprint density at radius 1 is 1.21 bits per heavy atom. The second kappa shape index (κ2) is 11.3. The lowest BCUT2D eigenvalue weighted by molar-refractivity contribution is 0.504. The molecule has 2 rings (SSSR count). The van der Waals surface area contributed by atoms with Crippen molar-refractivity contribution in [3.8, 4) is 0 Å². The second-order valence-corrected chi connectivity index (χ2v) is 5.78. The number of hydrogen-bond acceptors (Lipinski definition) is 2. The number of imidazole rings is 1. The standard InChI is InChI=1S/C18H29N5.HI/c1-4-15(5-2)13-21-18(19-6-3)20-11-10-16-14-23-12-8-7-9-17(23)22-16;/h7-9,12,14-15H,4-6,10-11,13H2,1-3H3,(H2,19,20,21);1H. The maximum absolute atomic E-state index is 4.70. The zero-order valence-electron chi connectivity index (χ0n) is 15.0. The molecule has 0 spiro atoms. The van der Waals surface area contributed by atoms with Crippen molar-refractivity contribution in [2.45, 2.75) is 40.0 Å². The maximum Gasteiger partial charge on any atom is 0.191 e. The van der Waals surface area contributed by atoms with Crippen LogP contribution in [0.2, 0.25) is 0 Å². The van der Waals surface area contributed by atoms with Crippen LogP contribution in [-0.4, -0.2) is 35.0 Å². The molecular weight excluding hydrogens is 413 g/mol. The van der Waals surface area contributed by atoms with Gasteiger partial charge in [0.05, 0.1) is 5.69 Å². The number of guanidine groups is 1. The van der Waals surface area contributed by atoms with E-state index in [4.69, 9.17) is 4.99 Å². The lowest BCUT2D eigenvalue weighted by Gasteiger charge is -2.13. The summed E-state index contributed by atoms with van der Waals surface area (Å²) in [5, 5.41) is 6.72. The van der Waals surface area contributed by atoms with Crippen molar-refractivity contribution in [2.75, 3.05) is 19.6 Å². The highest BCUT2D eigenvalue weighted by atomic mass is 127. The third-order valence-electron chi connectivity index (χ3n) is 4.09. The molecule has 0 amide bonds. The van der Waals surface area contributed by atoms with Gasteiger partial charge in [0, 0.05) is 38.4 Å². The summed E-state index contributed by atoms with van der Waals surface area (Å²) in [5.41, 5.74) is 2.09. The highest BCUT2D eigenvalue weighted by Gasteiger charge is 2.04. The van der Waals surface area contributed by atoms with Crippen LogP contribution in [-0.2, 0) is 6.42 Å². The summed E-state index contributed by atoms with van der Waals surface area (Å²) >= 11 is 0. The number of halogens is 1. The molecule has 0 fully saturated rings. The molecular formula is C18H30IN5. The number of nitrogens with zero attached hydrogens (tertiary/aromatic N) is 3. The average Bonchev–Trinajstić information content (AvgIpc) is 2.98. The predicted molar refractivity (Wildman–Crippen MR) is 112 cm³/mol. The summed E-state index contributed by atoms with van der Waals surface area (Å²) in [6, 6.07) is 6.06. The minimum Gasteiger partial charge on any atom is -0.357 e. The molecule has 6 heteroatoms. The van der Waals surface area contributed by atoms with Gasteiger partial charge in [-0.25, -0.2) is 4.98 Å². The summed E-state index contributed by atoms with van der Waals surface area (Å²) in [4.78, 5) is 9.32. The number of aliphatic imine (C=N–C) groups is 1. The number of nitrogens with one attached hydrogen (secondary N) is 2. The Kier molecular flexibility index (Phi) is 9.75. The van der Waals surface area contributed by atoms with Crippen LogP contribution in [0.15, 0.2) is 35.6 Å². The van der Waals surface area contributed by atoms with Gasteiger partial charge < -0.3 is 15.0 Å². The molecule has 0 aliphatic heterocycles. The average molecular weight is 443 g/mol. The van der Waals surface area contributed by atoms with Crippen LogP contribution < -0.4 is 10.6 Å². The van der Waals surface area contributed by atoms with Gasteiger partial charge in [-0.05, 0) is 25.0 Å². The van der Waals surface area contributed by atoms with Crippen molar-refractivity contribution in [1.82, 2.24) is 20.0 Å². The summed E-state index contributed by atoms with van der Waals surface area (Å²) < 4.78 is 2.06. The van der Waals surface area contributed by atoms with Crippen LogP contribution >= 0.6 is 24.0 Å². The van der Waals surface area contributed by atoms with Crippen molar-refractivity contribution in [2.24, 2.45) is 10.9 Å². The molecule has 0 aromatic carbocycles. The molecule has 2 aromatic rings. The van der Waals surface area contributed by atoms with Gasteiger partial charge in [-0.1, -0.05) is 32.8 Å². The quantitative estimate of drug-likeness (QED) is 0.373. The first-order chi connectivity index (χ1) is 11.3. The topological polar surface area (TPSA) is 53.7 Å². The van der Waals surface area contributed by atoms with Gasteiger partial charge in [-0.3, -0.25) is 4.99 Å². The van der Waals surface area contributed by atoms with Crippen LogP contribution in [0.1, 0.15) is 39.3 Å². The molecule has 0 saturated carbocycles. The Morgan fingerprint density at radius 3 is 2.67 bits per heavy atom. The van der Waals surface area contributed by atoms with Crippen LogP contribution in [0.5, 0.6) is 0 Å². The van der Waals surface area contributed by atoms with Crippen LogP contribution in [0, 0.1) is 5.92 Å². The lowest BCUT2D eigenvalue weighted by atomic mass is 10.0. The van der Waals surface area contributed by atoms with Crippen molar-refractivity contribution >= 4 is 35.6 Å². The smallest absolute Gasteiger partial charge is 0.191 e. The molecule has 2 N–H and O–H groups in total. The first-order valence-electron chi connectivity index (χ1n) is 8.71. The maximum atomic E-state index is 4.70. The fourth-order valence-corrected chi connectivity index (χ4v) is 2.53. The Hall–Kier alpha value is -1.31. The van der Waals surface area contributed by atoms with E-state index < -0.39 is 0 Å². The summed E-state index contributed by atoms with van der Waals surface area (Å²) in [5.74, 6) is 1.58. The van der Waals surface area contributed by atoms with Crippen LogP contribution in [0.3, 0.4) is 0 Å². The van der Waals surface area contributed by atoms with E-state index in [-0.39, 0.29) is 24.0 Å². The van der Waals surface area contributed by atoms with Crippen molar-refractivity contribution in [3.63, 3.8) is 0 Å². The molecule has 2 aromatic heterocycles. The van der Waals surface area contributed by atoms with Gasteiger partial charge in [-0.2, -0.15) is 0 Å². The second-order valence-electron chi connectivity index (χ2n) is 5.78. The minimum absolute atomic E-state index is 0. The van der Waals surface area contributed by atoms with E-state index in [0.717, 1.165) is 43.4 Å². The molecule has 0 bridgehead atoms. The number of aromatic nitrogens is 2. The number of hydrogen-bond donors (Lipinski definition) is 2. The normalized spacial score (nSPS) is 11.6. The molecule has 0 saturated heterocycles. The monoisotopic (exact) mass is 443 g/mol. The van der Waals surface area contributed by atoms with Gasteiger partial charge >= 0.3 is 0 Å². The number of pyridine rings is 1. The third kappa shape index (κ3) is 6.30. The molecule has 134 valence electrons. The highest BCUT2D eigenvalue weighted by Crippen LogP contribution is 2.07. The fourth-order valence-electron chi connectivity index (χ4n) is 2.53. The molecule has 0 atom stereocenters. The Balaban J connectivity index is 0.00000288. The SMILES string of the molecule is CCNC(=NCC(CC)CC)NCCc1cn2ccccc2n1.I. The molecule has 5 nitrogen and oxygen atoms in total. The predicted octanol–water partition coefficient (Wildman–Crippen LogP) is 3.49. The highest BCUT2D eigenvalue weighted by molar-refractivity contribution is 14.0. The van der Waals surface area contributed by atoms with Crippen LogP contribution in [0.4, 0.5) is 0 Å². The van der Waals surface area contributed by atoms with Gasteiger partial charge in [0.25, 0.3) is 0 Å². The largest absolute Gasteiger partial charge is 0.357 e.